The fourth-order valence-corrected chi connectivity index (χ4v) is 5.92. The summed E-state index contributed by atoms with van der Waals surface area (Å²) in [7, 11) is -3.60. The molecule has 1 unspecified atom stereocenters. The molecule has 0 saturated carbocycles. The second-order valence-electron chi connectivity index (χ2n) is 7.82. The molecule has 1 aliphatic rings. The van der Waals surface area contributed by atoms with Crippen LogP contribution in [0.4, 0.5) is 18.9 Å². The molecule has 0 spiro atoms. The van der Waals surface area contributed by atoms with Gasteiger partial charge in [0.1, 0.15) is 10.3 Å². The van der Waals surface area contributed by atoms with E-state index < -0.39 is 27.9 Å². The van der Waals surface area contributed by atoms with Crippen molar-refractivity contribution in [1.82, 2.24) is 4.31 Å². The number of hydrogen-bond acceptors (Lipinski definition) is 6. The van der Waals surface area contributed by atoms with Crippen LogP contribution < -0.4 is 4.90 Å². The van der Waals surface area contributed by atoms with Gasteiger partial charge in [0.25, 0.3) is 10.0 Å². The lowest BCUT2D eigenvalue weighted by molar-refractivity contribution is -0.258. The lowest BCUT2D eigenvalue weighted by atomic mass is 9.93. The quantitative estimate of drug-likeness (QED) is 0.614. The van der Waals surface area contributed by atoms with Crippen molar-refractivity contribution in [3.8, 4) is 11.8 Å². The zero-order valence-corrected chi connectivity index (χ0v) is 19.8. The molecule has 0 bridgehead atoms. The van der Waals surface area contributed by atoms with Crippen LogP contribution in [-0.2, 0) is 15.6 Å². The molecule has 6 nitrogen and oxygen atoms in total. The van der Waals surface area contributed by atoms with Crippen molar-refractivity contribution in [2.24, 2.45) is 0 Å². The van der Waals surface area contributed by atoms with Crippen molar-refractivity contribution in [3.63, 3.8) is 0 Å². The van der Waals surface area contributed by atoms with Gasteiger partial charge in [0.05, 0.1) is 5.69 Å². The van der Waals surface area contributed by atoms with E-state index in [-0.39, 0.29) is 28.4 Å². The first-order chi connectivity index (χ1) is 15.4. The lowest BCUT2D eigenvalue weighted by Gasteiger charge is -2.36. The third-order valence-corrected chi connectivity index (χ3v) is 8.81. The largest absolute Gasteiger partial charge is 0.421 e. The molecular weight excluding hydrogens is 477 g/mol. The Morgan fingerprint density at radius 1 is 1.18 bits per heavy atom. The van der Waals surface area contributed by atoms with E-state index in [1.54, 1.807) is 24.4 Å². The average molecular weight is 503 g/mol. The van der Waals surface area contributed by atoms with Gasteiger partial charge in [0.15, 0.2) is 5.60 Å². The number of benzene rings is 1. The summed E-state index contributed by atoms with van der Waals surface area (Å²) in [5, 5.41) is 21.6. The Bertz CT molecular complexity index is 1130. The Hall–Kier alpha value is -2.10. The van der Waals surface area contributed by atoms with Crippen molar-refractivity contribution in [1.29, 1.82) is 0 Å². The SMILES string of the molecule is CC[C@H](O)C#Cc1cc(C(C)(O)C(F)(F)F)ccc1N1CCN(S(=O)(=O)c2cccs2)CC1. The number of piperazine rings is 1. The Balaban J connectivity index is 1.90. The molecule has 1 fully saturated rings. The van der Waals surface area contributed by atoms with Gasteiger partial charge in [-0.05, 0) is 42.5 Å². The van der Waals surface area contributed by atoms with E-state index in [0.29, 0.717) is 32.1 Å². The predicted molar refractivity (Wildman–Crippen MR) is 121 cm³/mol. The van der Waals surface area contributed by atoms with Crippen LogP contribution in [0, 0.1) is 11.8 Å². The lowest BCUT2D eigenvalue weighted by Crippen LogP contribution is -2.48. The Kier molecular flexibility index (Phi) is 7.45. The second-order valence-corrected chi connectivity index (χ2v) is 10.9. The molecule has 1 saturated heterocycles. The van der Waals surface area contributed by atoms with Crippen LogP contribution in [0.25, 0.3) is 0 Å². The molecular formula is C22H25F3N2O4S2. The van der Waals surface area contributed by atoms with Crippen molar-refractivity contribution in [3.05, 3.63) is 46.8 Å². The third-order valence-electron chi connectivity index (χ3n) is 5.54. The first kappa shape index (κ1) is 25.5. The normalized spacial score (nSPS) is 18.3. The Morgan fingerprint density at radius 2 is 1.85 bits per heavy atom. The van der Waals surface area contributed by atoms with Crippen LogP contribution >= 0.6 is 11.3 Å². The standard InChI is InChI=1S/C22H25F3N2O4S2/c1-3-18(28)8-6-16-15-17(21(2,29)22(23,24)25)7-9-19(16)26-10-12-27(13-11-26)33(30,31)20-5-4-14-32-20/h4-5,7,9,14-15,18,28-29H,3,10-13H2,1-2H3/t18-,21?/m0/s1. The highest BCUT2D eigenvalue weighted by atomic mass is 32.2. The van der Waals surface area contributed by atoms with Crippen LogP contribution in [-0.4, -0.2) is 61.4 Å². The summed E-state index contributed by atoms with van der Waals surface area (Å²) in [5.74, 6) is 5.35. The monoisotopic (exact) mass is 502 g/mol. The fraction of sp³-hybridized carbons (Fsp3) is 0.455. The molecule has 11 heteroatoms. The van der Waals surface area contributed by atoms with Crippen molar-refractivity contribution >= 4 is 27.0 Å². The van der Waals surface area contributed by atoms with E-state index in [0.717, 1.165) is 11.3 Å². The van der Waals surface area contributed by atoms with Gasteiger partial charge in [-0.3, -0.25) is 0 Å². The summed E-state index contributed by atoms with van der Waals surface area (Å²) in [6, 6.07) is 7.03. The minimum absolute atomic E-state index is 0.201. The summed E-state index contributed by atoms with van der Waals surface area (Å²) in [6.45, 7) is 3.42. The number of hydrogen-bond donors (Lipinski definition) is 2. The van der Waals surface area contributed by atoms with Crippen LogP contribution in [0.3, 0.4) is 0 Å². The maximum Gasteiger partial charge on any atom is 0.421 e. The summed E-state index contributed by atoms with van der Waals surface area (Å²) in [5.41, 5.74) is -2.70. The van der Waals surface area contributed by atoms with Crippen LogP contribution in [0.2, 0.25) is 0 Å². The number of sulfonamides is 1. The molecule has 180 valence electrons. The van der Waals surface area contributed by atoms with Gasteiger partial charge in [0, 0.05) is 31.7 Å². The topological polar surface area (TPSA) is 81.1 Å². The predicted octanol–water partition coefficient (Wildman–Crippen LogP) is 3.15. The van der Waals surface area contributed by atoms with Crippen LogP contribution in [0.5, 0.6) is 0 Å². The maximum atomic E-state index is 13.3. The number of alkyl halides is 3. The molecule has 1 aliphatic heterocycles. The first-order valence-electron chi connectivity index (χ1n) is 10.3. The Labute approximate surface area is 195 Å². The van der Waals surface area contributed by atoms with Crippen molar-refractivity contribution in [2.75, 3.05) is 31.1 Å². The number of aliphatic hydroxyl groups excluding tert-OH is 1. The zero-order chi connectivity index (χ0) is 24.4. The number of nitrogens with zero attached hydrogens (tertiary/aromatic N) is 2. The molecule has 33 heavy (non-hydrogen) atoms. The molecule has 2 N–H and O–H groups in total. The van der Waals surface area contributed by atoms with Gasteiger partial charge in [-0.25, -0.2) is 8.42 Å². The molecule has 2 heterocycles. The summed E-state index contributed by atoms with van der Waals surface area (Å²) >= 11 is 1.14. The minimum atomic E-state index is -4.88. The van der Waals surface area contributed by atoms with Gasteiger partial charge >= 0.3 is 6.18 Å². The van der Waals surface area contributed by atoms with Gasteiger partial charge < -0.3 is 15.1 Å². The smallest absolute Gasteiger partial charge is 0.380 e. The summed E-state index contributed by atoms with van der Waals surface area (Å²) < 4.78 is 67.2. The van der Waals surface area contributed by atoms with E-state index in [2.05, 4.69) is 11.8 Å². The third kappa shape index (κ3) is 5.36. The number of halogens is 3. The highest BCUT2D eigenvalue weighted by molar-refractivity contribution is 7.91. The van der Waals surface area contributed by atoms with Crippen molar-refractivity contribution < 1.29 is 31.8 Å². The second kappa shape index (κ2) is 9.64. The average Bonchev–Trinajstić information content (AvgIpc) is 3.32. The van der Waals surface area contributed by atoms with E-state index in [4.69, 9.17) is 0 Å². The molecule has 1 aromatic carbocycles. The molecule has 2 atom stereocenters. The first-order valence-corrected chi connectivity index (χ1v) is 12.6. The van der Waals surface area contributed by atoms with Gasteiger partial charge in [-0.1, -0.05) is 30.9 Å². The van der Waals surface area contributed by atoms with E-state index in [1.165, 1.54) is 22.5 Å². The summed E-state index contributed by atoms with van der Waals surface area (Å²) in [4.78, 5) is 1.84. The maximum absolute atomic E-state index is 13.3. The van der Waals surface area contributed by atoms with Crippen LogP contribution in [0.1, 0.15) is 31.4 Å². The highest BCUT2D eigenvalue weighted by Crippen LogP contribution is 2.40. The molecule has 2 aromatic rings. The highest BCUT2D eigenvalue weighted by Gasteiger charge is 2.51. The van der Waals surface area contributed by atoms with Gasteiger partial charge in [-0.2, -0.15) is 17.5 Å². The van der Waals surface area contributed by atoms with Gasteiger partial charge in [-0.15, -0.1) is 11.3 Å². The fourth-order valence-electron chi connectivity index (χ4n) is 3.35. The van der Waals surface area contributed by atoms with Crippen molar-refractivity contribution in [2.45, 2.75) is 42.4 Å². The molecule has 0 amide bonds. The summed E-state index contributed by atoms with van der Waals surface area (Å²) in [6.07, 6.45) is -5.48. The number of thiophene rings is 1. The van der Waals surface area contributed by atoms with E-state index in [1.807, 2.05) is 4.90 Å². The molecule has 0 radical (unpaired) electrons. The van der Waals surface area contributed by atoms with Crippen LogP contribution in [0.15, 0.2) is 39.9 Å². The van der Waals surface area contributed by atoms with Gasteiger partial charge in [0.2, 0.25) is 0 Å². The Morgan fingerprint density at radius 3 is 2.39 bits per heavy atom. The number of anilines is 1. The zero-order valence-electron chi connectivity index (χ0n) is 18.1. The molecule has 1 aromatic heterocycles. The minimum Gasteiger partial charge on any atom is -0.380 e. The van der Waals surface area contributed by atoms with E-state index >= 15 is 0 Å². The molecule has 0 aliphatic carbocycles. The number of rotatable bonds is 5. The number of aliphatic hydroxyl groups is 2. The van der Waals surface area contributed by atoms with E-state index in [9.17, 15) is 31.8 Å². The molecule has 3 rings (SSSR count).